The summed E-state index contributed by atoms with van der Waals surface area (Å²) >= 11 is 11.9. The second-order valence-electron chi connectivity index (χ2n) is 5.85. The SMILES string of the molecule is Cl.N=Cc1nc(NCc2ccc(Cl)c(Cl)c2)[nH]c(=O)c1NCCc1nnc(CO)o1. The van der Waals surface area contributed by atoms with Crippen LogP contribution in [0.5, 0.6) is 0 Å². The molecule has 2 aromatic heterocycles. The van der Waals surface area contributed by atoms with E-state index in [-0.39, 0.29) is 42.2 Å². The summed E-state index contributed by atoms with van der Waals surface area (Å²) in [5.41, 5.74) is 0.744. The summed E-state index contributed by atoms with van der Waals surface area (Å²) < 4.78 is 5.18. The molecule has 2 heterocycles. The number of nitrogens with one attached hydrogen (secondary N) is 4. The normalized spacial score (nSPS) is 10.4. The van der Waals surface area contributed by atoms with E-state index in [1.165, 1.54) is 0 Å². The van der Waals surface area contributed by atoms with Gasteiger partial charge in [0.15, 0.2) is 0 Å². The summed E-state index contributed by atoms with van der Waals surface area (Å²) in [6, 6.07) is 5.19. The fourth-order valence-corrected chi connectivity index (χ4v) is 2.75. The zero-order valence-electron chi connectivity index (χ0n) is 15.4. The molecule has 30 heavy (non-hydrogen) atoms. The first-order valence-electron chi connectivity index (χ1n) is 8.48. The number of rotatable bonds is 9. The second kappa shape index (κ2) is 10.9. The van der Waals surface area contributed by atoms with Gasteiger partial charge in [-0.2, -0.15) is 0 Å². The van der Waals surface area contributed by atoms with Crippen LogP contribution in [0.4, 0.5) is 11.6 Å². The first kappa shape index (κ1) is 23.6. The average molecular weight is 475 g/mol. The van der Waals surface area contributed by atoms with Crippen LogP contribution in [0, 0.1) is 5.41 Å². The molecular weight excluding hydrogens is 457 g/mol. The number of halogens is 3. The predicted molar refractivity (Wildman–Crippen MR) is 116 cm³/mol. The Morgan fingerprint density at radius 3 is 2.63 bits per heavy atom. The molecule has 5 N–H and O–H groups in total. The Bertz CT molecular complexity index is 1070. The molecular formula is C17H18Cl3N7O3. The molecule has 0 aliphatic carbocycles. The van der Waals surface area contributed by atoms with E-state index in [9.17, 15) is 4.79 Å². The number of aliphatic hydroxyl groups is 1. The molecule has 0 aliphatic rings. The number of aromatic amines is 1. The van der Waals surface area contributed by atoms with Crippen molar-refractivity contribution in [3.8, 4) is 0 Å². The Hall–Kier alpha value is -2.66. The quantitative estimate of drug-likeness (QED) is 0.297. The first-order chi connectivity index (χ1) is 14.0. The minimum atomic E-state index is -0.434. The van der Waals surface area contributed by atoms with E-state index in [2.05, 4.69) is 30.8 Å². The zero-order valence-corrected chi connectivity index (χ0v) is 17.7. The molecule has 1 aromatic carbocycles. The molecule has 13 heteroatoms. The van der Waals surface area contributed by atoms with Gasteiger partial charge >= 0.3 is 0 Å². The summed E-state index contributed by atoms with van der Waals surface area (Å²) in [4.78, 5) is 19.3. The highest BCUT2D eigenvalue weighted by molar-refractivity contribution is 6.42. The molecule has 10 nitrogen and oxygen atoms in total. The van der Waals surface area contributed by atoms with Gasteiger partial charge in [0.25, 0.3) is 5.56 Å². The average Bonchev–Trinajstić information content (AvgIpc) is 3.18. The van der Waals surface area contributed by atoms with Gasteiger partial charge < -0.3 is 25.6 Å². The maximum atomic E-state index is 12.4. The Kier molecular flexibility index (Phi) is 8.60. The van der Waals surface area contributed by atoms with Gasteiger partial charge in [0.1, 0.15) is 18.0 Å². The molecule has 0 fully saturated rings. The van der Waals surface area contributed by atoms with E-state index in [1.807, 2.05) is 0 Å². The molecule has 0 saturated carbocycles. The van der Waals surface area contributed by atoms with Crippen molar-refractivity contribution in [3.63, 3.8) is 0 Å². The van der Waals surface area contributed by atoms with E-state index >= 15 is 0 Å². The van der Waals surface area contributed by atoms with Gasteiger partial charge in [-0.1, -0.05) is 29.3 Å². The fraction of sp³-hybridized carbons (Fsp3) is 0.235. The largest absolute Gasteiger partial charge is 0.423 e. The third-order valence-corrected chi connectivity index (χ3v) is 4.55. The Balaban J connectivity index is 0.00000320. The van der Waals surface area contributed by atoms with Gasteiger partial charge in [0.2, 0.25) is 17.7 Å². The van der Waals surface area contributed by atoms with E-state index in [0.29, 0.717) is 35.4 Å². The van der Waals surface area contributed by atoms with Crippen LogP contribution in [0.2, 0.25) is 10.0 Å². The van der Waals surface area contributed by atoms with Gasteiger partial charge in [0.05, 0.1) is 10.0 Å². The van der Waals surface area contributed by atoms with Crippen LogP contribution in [-0.2, 0) is 19.6 Å². The van der Waals surface area contributed by atoms with Crippen LogP contribution in [0.15, 0.2) is 27.4 Å². The molecule has 0 amide bonds. The monoisotopic (exact) mass is 473 g/mol. The summed E-state index contributed by atoms with van der Waals surface area (Å²) in [7, 11) is 0. The molecule has 160 valence electrons. The lowest BCUT2D eigenvalue weighted by molar-refractivity contribution is 0.236. The van der Waals surface area contributed by atoms with Gasteiger partial charge in [-0.3, -0.25) is 9.78 Å². The van der Waals surface area contributed by atoms with Crippen molar-refractivity contribution in [3.05, 3.63) is 61.6 Å². The summed E-state index contributed by atoms with van der Waals surface area (Å²) in [6.07, 6.45) is 1.32. The van der Waals surface area contributed by atoms with E-state index in [0.717, 1.165) is 11.8 Å². The highest BCUT2D eigenvalue weighted by Gasteiger charge is 2.11. The number of aromatic nitrogens is 4. The molecule has 0 atom stereocenters. The lowest BCUT2D eigenvalue weighted by Gasteiger charge is -2.10. The smallest absolute Gasteiger partial charge is 0.276 e. The van der Waals surface area contributed by atoms with Crippen LogP contribution in [0.1, 0.15) is 23.0 Å². The molecule has 0 saturated heterocycles. The van der Waals surface area contributed by atoms with Crippen molar-refractivity contribution >= 4 is 53.5 Å². The number of aliphatic hydroxyl groups excluding tert-OH is 1. The van der Waals surface area contributed by atoms with E-state index in [1.54, 1.807) is 18.2 Å². The maximum absolute atomic E-state index is 12.4. The Labute approximate surface area is 187 Å². The first-order valence-corrected chi connectivity index (χ1v) is 9.24. The van der Waals surface area contributed by atoms with Crippen molar-refractivity contribution in [2.75, 3.05) is 17.2 Å². The lowest BCUT2D eigenvalue weighted by atomic mass is 10.2. The number of anilines is 2. The van der Waals surface area contributed by atoms with Gasteiger partial charge in [-0.15, -0.1) is 22.6 Å². The minimum Gasteiger partial charge on any atom is -0.423 e. The summed E-state index contributed by atoms with van der Waals surface area (Å²) in [6.45, 7) is 0.321. The molecule has 0 unspecified atom stereocenters. The third kappa shape index (κ3) is 5.92. The molecule has 0 radical (unpaired) electrons. The van der Waals surface area contributed by atoms with Gasteiger partial charge in [-0.25, -0.2) is 4.98 Å². The zero-order chi connectivity index (χ0) is 20.8. The van der Waals surface area contributed by atoms with Crippen LogP contribution >= 0.6 is 35.6 Å². The molecule has 0 aliphatic heterocycles. The van der Waals surface area contributed by atoms with Crippen LogP contribution in [0.25, 0.3) is 0 Å². The number of H-pyrrole nitrogens is 1. The van der Waals surface area contributed by atoms with E-state index in [4.69, 9.17) is 38.1 Å². The Morgan fingerprint density at radius 2 is 1.97 bits per heavy atom. The van der Waals surface area contributed by atoms with Crippen molar-refractivity contribution in [2.45, 2.75) is 19.6 Å². The van der Waals surface area contributed by atoms with Crippen molar-refractivity contribution in [2.24, 2.45) is 0 Å². The molecule has 3 rings (SSSR count). The third-order valence-electron chi connectivity index (χ3n) is 3.81. The number of nitrogens with zero attached hydrogens (tertiary/aromatic N) is 3. The van der Waals surface area contributed by atoms with E-state index < -0.39 is 5.56 Å². The van der Waals surface area contributed by atoms with Crippen molar-refractivity contribution in [1.29, 1.82) is 5.41 Å². The number of hydrogen-bond donors (Lipinski definition) is 5. The number of hydrogen-bond acceptors (Lipinski definition) is 9. The molecule has 0 bridgehead atoms. The number of benzene rings is 1. The maximum Gasteiger partial charge on any atom is 0.276 e. The van der Waals surface area contributed by atoms with Crippen molar-refractivity contribution in [1.82, 2.24) is 20.2 Å². The Morgan fingerprint density at radius 1 is 1.20 bits per heavy atom. The topological polar surface area (TPSA) is 153 Å². The fourth-order valence-electron chi connectivity index (χ4n) is 2.43. The summed E-state index contributed by atoms with van der Waals surface area (Å²) in [5.74, 6) is 0.661. The van der Waals surface area contributed by atoms with Crippen LogP contribution < -0.4 is 16.2 Å². The highest BCUT2D eigenvalue weighted by Crippen LogP contribution is 2.22. The summed E-state index contributed by atoms with van der Waals surface area (Å²) in [5, 5.41) is 30.7. The van der Waals surface area contributed by atoms with Crippen LogP contribution in [0.3, 0.4) is 0 Å². The van der Waals surface area contributed by atoms with Gasteiger partial charge in [-0.05, 0) is 17.7 Å². The molecule has 0 spiro atoms. The molecule has 3 aromatic rings. The standard InChI is InChI=1S/C17H17Cl2N7O3.ClH/c18-10-2-1-9(5-11(10)19)7-22-17-23-12(6-20)15(16(28)24-17)21-4-3-13-25-26-14(8-27)29-13;/h1-2,5-6,20-21,27H,3-4,7-8H2,(H2,22,23,24,28);1H. The van der Waals surface area contributed by atoms with Crippen LogP contribution in [-0.4, -0.2) is 38.0 Å². The highest BCUT2D eigenvalue weighted by atomic mass is 35.5. The predicted octanol–water partition coefficient (Wildman–Crippen LogP) is 2.64. The second-order valence-corrected chi connectivity index (χ2v) is 6.66. The van der Waals surface area contributed by atoms with Crippen molar-refractivity contribution < 1.29 is 9.52 Å². The lowest BCUT2D eigenvalue weighted by Crippen LogP contribution is -2.21. The van der Waals surface area contributed by atoms with Gasteiger partial charge in [0, 0.05) is 25.7 Å². The minimum absolute atomic E-state index is 0.